The molecule has 1 aromatic rings. The number of anilines is 1. The summed E-state index contributed by atoms with van der Waals surface area (Å²) in [5.74, 6) is 0.725. The largest absolute Gasteiger partial charge is 0.492 e. The average molecular weight is 262 g/mol. The maximum atomic E-state index is 12.3. The molecule has 1 aliphatic heterocycles. The van der Waals surface area contributed by atoms with Gasteiger partial charge < -0.3 is 15.0 Å². The van der Waals surface area contributed by atoms with Crippen LogP contribution in [0.25, 0.3) is 0 Å². The normalized spacial score (nSPS) is 19.1. The number of carbonyl (C=O) groups excluding carboxylic acids is 1. The van der Waals surface area contributed by atoms with Gasteiger partial charge in [-0.15, -0.1) is 0 Å². The van der Waals surface area contributed by atoms with E-state index in [-0.39, 0.29) is 6.03 Å². The quantitative estimate of drug-likeness (QED) is 0.906. The second-order valence-electron chi connectivity index (χ2n) is 4.90. The minimum Gasteiger partial charge on any atom is -0.492 e. The Bertz CT molecular complexity index is 434. The molecule has 0 aliphatic carbocycles. The van der Waals surface area contributed by atoms with Crippen LogP contribution in [0.5, 0.6) is 5.75 Å². The maximum absolute atomic E-state index is 12.3. The van der Waals surface area contributed by atoms with Gasteiger partial charge in [0.25, 0.3) is 0 Å². The van der Waals surface area contributed by atoms with Gasteiger partial charge in [0.2, 0.25) is 0 Å². The van der Waals surface area contributed by atoms with E-state index in [4.69, 9.17) is 4.74 Å². The van der Waals surface area contributed by atoms with Gasteiger partial charge in [-0.25, -0.2) is 4.79 Å². The number of rotatable bonds is 3. The van der Waals surface area contributed by atoms with Crippen LogP contribution in [-0.2, 0) is 0 Å². The van der Waals surface area contributed by atoms with Crippen LogP contribution in [0, 0.1) is 0 Å². The van der Waals surface area contributed by atoms with E-state index in [0.717, 1.165) is 30.8 Å². The minimum absolute atomic E-state index is 0.0284. The van der Waals surface area contributed by atoms with E-state index in [9.17, 15) is 4.79 Å². The lowest BCUT2D eigenvalue weighted by Gasteiger charge is -2.33. The summed E-state index contributed by atoms with van der Waals surface area (Å²) in [6, 6.07) is 7.84. The molecule has 4 nitrogen and oxygen atoms in total. The number of para-hydroxylation sites is 2. The van der Waals surface area contributed by atoms with Crippen LogP contribution in [0.4, 0.5) is 10.5 Å². The smallest absolute Gasteiger partial charge is 0.322 e. The molecule has 0 radical (unpaired) electrons. The zero-order chi connectivity index (χ0) is 13.7. The summed E-state index contributed by atoms with van der Waals surface area (Å²) < 4.78 is 5.52. The van der Waals surface area contributed by atoms with Crippen LogP contribution in [0.3, 0.4) is 0 Å². The molecule has 4 heteroatoms. The Morgan fingerprint density at radius 2 is 2.21 bits per heavy atom. The van der Waals surface area contributed by atoms with Crippen molar-refractivity contribution in [2.75, 3.05) is 18.5 Å². The van der Waals surface area contributed by atoms with Crippen molar-refractivity contribution in [1.29, 1.82) is 0 Å². The molecule has 104 valence electrons. The molecular weight excluding hydrogens is 240 g/mol. The molecule has 2 rings (SSSR count). The summed E-state index contributed by atoms with van der Waals surface area (Å²) in [5.41, 5.74) is 0.743. The summed E-state index contributed by atoms with van der Waals surface area (Å²) in [7, 11) is 0. The van der Waals surface area contributed by atoms with Gasteiger partial charge in [0.15, 0.2) is 0 Å². The third kappa shape index (κ3) is 3.40. The van der Waals surface area contributed by atoms with Crippen LogP contribution in [-0.4, -0.2) is 30.1 Å². The Kier molecular flexibility index (Phi) is 4.66. The second kappa shape index (κ2) is 6.45. The maximum Gasteiger partial charge on any atom is 0.322 e. The van der Waals surface area contributed by atoms with Crippen molar-refractivity contribution in [2.24, 2.45) is 0 Å². The Labute approximate surface area is 114 Å². The fourth-order valence-corrected chi connectivity index (χ4v) is 2.44. The molecule has 0 spiro atoms. The molecule has 1 heterocycles. The van der Waals surface area contributed by atoms with Crippen molar-refractivity contribution in [3.63, 3.8) is 0 Å². The van der Waals surface area contributed by atoms with E-state index in [2.05, 4.69) is 12.2 Å². The fraction of sp³-hybridized carbons (Fsp3) is 0.533. The average Bonchev–Trinajstić information content (AvgIpc) is 2.41. The van der Waals surface area contributed by atoms with Crippen molar-refractivity contribution in [2.45, 2.75) is 39.2 Å². The second-order valence-corrected chi connectivity index (χ2v) is 4.90. The number of hydrogen-bond donors (Lipinski definition) is 1. The molecule has 1 N–H and O–H groups in total. The van der Waals surface area contributed by atoms with E-state index in [1.807, 2.05) is 36.1 Å². The fourth-order valence-electron chi connectivity index (χ4n) is 2.44. The number of carbonyl (C=O) groups is 1. The molecule has 1 atom stereocenters. The topological polar surface area (TPSA) is 41.6 Å². The number of nitrogens with one attached hydrogen (secondary N) is 1. The highest BCUT2D eigenvalue weighted by Gasteiger charge is 2.23. The first-order chi connectivity index (χ1) is 9.22. The molecule has 0 saturated carbocycles. The third-order valence-electron chi connectivity index (χ3n) is 3.49. The number of ether oxygens (including phenoxy) is 1. The van der Waals surface area contributed by atoms with Crippen LogP contribution < -0.4 is 10.1 Å². The third-order valence-corrected chi connectivity index (χ3v) is 3.49. The molecule has 1 fully saturated rings. The van der Waals surface area contributed by atoms with Gasteiger partial charge in [-0.2, -0.15) is 0 Å². The number of amides is 2. The predicted octanol–water partition coefficient (Wildman–Crippen LogP) is 3.49. The van der Waals surface area contributed by atoms with Gasteiger partial charge in [0.1, 0.15) is 5.75 Å². The number of nitrogens with zero attached hydrogens (tertiary/aromatic N) is 1. The van der Waals surface area contributed by atoms with E-state index in [1.54, 1.807) is 0 Å². The first kappa shape index (κ1) is 13.7. The molecular formula is C15H22N2O2. The van der Waals surface area contributed by atoms with E-state index >= 15 is 0 Å². The van der Waals surface area contributed by atoms with Gasteiger partial charge in [0, 0.05) is 12.6 Å². The van der Waals surface area contributed by atoms with Crippen molar-refractivity contribution < 1.29 is 9.53 Å². The van der Waals surface area contributed by atoms with Crippen LogP contribution in [0.2, 0.25) is 0 Å². The molecule has 2 amide bonds. The summed E-state index contributed by atoms with van der Waals surface area (Å²) in [6.45, 7) is 5.47. The van der Waals surface area contributed by atoms with Crippen LogP contribution in [0.15, 0.2) is 24.3 Å². The van der Waals surface area contributed by atoms with Gasteiger partial charge in [-0.05, 0) is 45.2 Å². The van der Waals surface area contributed by atoms with Crippen molar-refractivity contribution in [1.82, 2.24) is 4.90 Å². The molecule has 1 saturated heterocycles. The molecule has 0 unspecified atom stereocenters. The minimum atomic E-state index is -0.0284. The zero-order valence-corrected chi connectivity index (χ0v) is 11.7. The van der Waals surface area contributed by atoms with Gasteiger partial charge in [0.05, 0.1) is 12.3 Å². The SMILES string of the molecule is CCOc1ccccc1NC(=O)N1CCCC[C@H]1C. The first-order valence-electron chi connectivity index (χ1n) is 7.02. The number of benzene rings is 1. The Morgan fingerprint density at radius 1 is 1.42 bits per heavy atom. The van der Waals surface area contributed by atoms with E-state index in [1.165, 1.54) is 6.42 Å². The van der Waals surface area contributed by atoms with Crippen molar-refractivity contribution in [3.05, 3.63) is 24.3 Å². The Hall–Kier alpha value is -1.71. The number of likely N-dealkylation sites (tertiary alicyclic amines) is 1. The lowest BCUT2D eigenvalue weighted by Crippen LogP contribution is -2.44. The monoisotopic (exact) mass is 262 g/mol. The summed E-state index contributed by atoms with van der Waals surface area (Å²) in [6.07, 6.45) is 3.38. The highest BCUT2D eigenvalue weighted by molar-refractivity contribution is 5.91. The highest BCUT2D eigenvalue weighted by Crippen LogP contribution is 2.25. The van der Waals surface area contributed by atoms with Gasteiger partial charge in [-0.1, -0.05) is 12.1 Å². The lowest BCUT2D eigenvalue weighted by atomic mass is 10.0. The lowest BCUT2D eigenvalue weighted by molar-refractivity contribution is 0.170. The van der Waals surface area contributed by atoms with Crippen molar-refractivity contribution in [3.8, 4) is 5.75 Å². The predicted molar refractivity (Wildman–Crippen MR) is 76.6 cm³/mol. The molecule has 1 aliphatic rings. The summed E-state index contributed by atoms with van der Waals surface area (Å²) in [5, 5.41) is 2.96. The molecule has 19 heavy (non-hydrogen) atoms. The standard InChI is InChI=1S/C15H22N2O2/c1-3-19-14-10-5-4-9-13(14)16-15(18)17-11-7-6-8-12(17)2/h4-5,9-10,12H,3,6-8,11H2,1-2H3,(H,16,18)/t12-/m1/s1. The van der Waals surface area contributed by atoms with Crippen molar-refractivity contribution >= 4 is 11.7 Å². The number of urea groups is 1. The van der Waals surface area contributed by atoms with Gasteiger partial charge in [-0.3, -0.25) is 0 Å². The number of hydrogen-bond acceptors (Lipinski definition) is 2. The first-order valence-corrected chi connectivity index (χ1v) is 7.02. The molecule has 0 aromatic heterocycles. The summed E-state index contributed by atoms with van der Waals surface area (Å²) in [4.78, 5) is 14.2. The van der Waals surface area contributed by atoms with Gasteiger partial charge >= 0.3 is 6.03 Å². The zero-order valence-electron chi connectivity index (χ0n) is 11.7. The Balaban J connectivity index is 2.05. The van der Waals surface area contributed by atoms with E-state index < -0.39 is 0 Å². The van der Waals surface area contributed by atoms with Crippen LogP contribution >= 0.6 is 0 Å². The highest BCUT2D eigenvalue weighted by atomic mass is 16.5. The number of piperidine rings is 1. The molecule has 0 bridgehead atoms. The molecule has 1 aromatic carbocycles. The van der Waals surface area contributed by atoms with E-state index in [0.29, 0.717) is 12.6 Å². The Morgan fingerprint density at radius 3 is 2.95 bits per heavy atom. The summed E-state index contributed by atoms with van der Waals surface area (Å²) >= 11 is 0. The van der Waals surface area contributed by atoms with Crippen LogP contribution in [0.1, 0.15) is 33.1 Å².